The monoisotopic (exact) mass is 333 g/mol. The van der Waals surface area contributed by atoms with Crippen LogP contribution in [0.1, 0.15) is 22.3 Å². The fourth-order valence-corrected chi connectivity index (χ4v) is 2.95. The summed E-state index contributed by atoms with van der Waals surface area (Å²) in [5.74, 6) is -1.46. The molecule has 0 spiro atoms. The van der Waals surface area contributed by atoms with E-state index >= 15 is 0 Å². The van der Waals surface area contributed by atoms with Crippen molar-refractivity contribution in [1.29, 1.82) is 0 Å². The highest BCUT2D eigenvalue weighted by Gasteiger charge is 2.18. The molecule has 0 aliphatic heterocycles. The lowest BCUT2D eigenvalue weighted by Crippen LogP contribution is -2.35. The van der Waals surface area contributed by atoms with Crippen LogP contribution in [0.4, 0.5) is 0 Å². The van der Waals surface area contributed by atoms with Gasteiger partial charge in [0.05, 0.1) is 11.2 Å². The van der Waals surface area contributed by atoms with Gasteiger partial charge in [0.15, 0.2) is 5.78 Å². The predicted octanol–water partition coefficient (Wildman–Crippen LogP) is 3.13. The second kappa shape index (κ2) is 7.47. The average molecular weight is 334 g/mol. The molecule has 0 saturated heterocycles. The summed E-state index contributed by atoms with van der Waals surface area (Å²) in [6.07, 6.45) is -0.112. The van der Waals surface area contributed by atoms with Crippen molar-refractivity contribution in [1.82, 2.24) is 0 Å². The van der Waals surface area contributed by atoms with Crippen LogP contribution in [-0.4, -0.2) is 17.0 Å². The van der Waals surface area contributed by atoms with Gasteiger partial charge in [-0.3, -0.25) is 4.79 Å². The van der Waals surface area contributed by atoms with Gasteiger partial charge < -0.3 is 9.90 Å². The number of carboxylic acid groups (broad SMARTS) is 1. The summed E-state index contributed by atoms with van der Waals surface area (Å²) in [6.45, 7) is 1.93. The number of hydrogen-bond acceptors (Lipinski definition) is 4. The van der Waals surface area contributed by atoms with E-state index in [0.717, 1.165) is 22.2 Å². The highest BCUT2D eigenvalue weighted by Crippen LogP contribution is 2.27. The fraction of sp³-hybridized carbons (Fsp3) is 0.176. The molecule has 0 amide bonds. The first kappa shape index (κ1) is 16.6. The number of carboxylic acids is 1. The minimum atomic E-state index is -1.25. The van der Waals surface area contributed by atoms with Crippen molar-refractivity contribution in [2.45, 2.75) is 23.5 Å². The minimum Gasteiger partial charge on any atom is -0.549 e. The summed E-state index contributed by atoms with van der Waals surface area (Å²) in [6, 6.07) is 13.9. The maximum Gasteiger partial charge on any atom is 0.164 e. The lowest BCUT2D eigenvalue weighted by atomic mass is 10.1. The van der Waals surface area contributed by atoms with Gasteiger partial charge in [-0.15, -0.1) is 11.8 Å². The molecule has 0 bridgehead atoms. The van der Waals surface area contributed by atoms with Gasteiger partial charge in [0.2, 0.25) is 0 Å². The molecule has 2 aromatic rings. The van der Waals surface area contributed by atoms with E-state index in [9.17, 15) is 14.7 Å². The highest BCUT2D eigenvalue weighted by atomic mass is 35.5. The summed E-state index contributed by atoms with van der Waals surface area (Å²) in [5, 5.41) is 10.9. The van der Waals surface area contributed by atoms with Gasteiger partial charge in [-0.2, -0.15) is 0 Å². The van der Waals surface area contributed by atoms with Gasteiger partial charge >= 0.3 is 0 Å². The Morgan fingerprint density at radius 2 is 1.68 bits per heavy atom. The maximum atomic E-state index is 12.2. The van der Waals surface area contributed by atoms with Crippen LogP contribution in [0.3, 0.4) is 0 Å². The van der Waals surface area contributed by atoms with Crippen molar-refractivity contribution in [2.24, 2.45) is 0 Å². The number of thioether (sulfide) groups is 1. The minimum absolute atomic E-state index is 0.112. The number of Topliss-reactive ketones (excluding diaryl/α,β-unsaturated/α-hetero) is 1. The first-order valence-electron chi connectivity index (χ1n) is 6.68. The second-order valence-electron chi connectivity index (χ2n) is 4.87. The maximum absolute atomic E-state index is 12.2. The number of carbonyl (C=O) groups excluding carboxylic acids is 2. The van der Waals surface area contributed by atoms with Crippen molar-refractivity contribution in [3.8, 4) is 0 Å². The van der Waals surface area contributed by atoms with Gasteiger partial charge in [-0.25, -0.2) is 0 Å². The van der Waals surface area contributed by atoms with Gasteiger partial charge in [0.1, 0.15) is 0 Å². The number of carbonyl (C=O) groups is 2. The Bertz CT molecular complexity index is 665. The fourth-order valence-electron chi connectivity index (χ4n) is 1.88. The zero-order valence-electron chi connectivity index (χ0n) is 11.9. The van der Waals surface area contributed by atoms with Gasteiger partial charge in [0.25, 0.3) is 0 Å². The van der Waals surface area contributed by atoms with Crippen LogP contribution in [0, 0.1) is 6.92 Å². The molecule has 5 heteroatoms. The number of hydrogen-bond donors (Lipinski definition) is 0. The summed E-state index contributed by atoms with van der Waals surface area (Å²) in [5.41, 5.74) is 1.55. The summed E-state index contributed by atoms with van der Waals surface area (Å²) < 4.78 is 0. The molecule has 0 aliphatic carbocycles. The summed E-state index contributed by atoms with van der Waals surface area (Å²) in [4.78, 5) is 24.2. The SMILES string of the molecule is Cc1ccc(C(=O)C[C@H](Sc2ccc(Cl)cc2)C(=O)[O-])cc1. The number of benzene rings is 2. The molecule has 22 heavy (non-hydrogen) atoms. The molecule has 2 aromatic carbocycles. The van der Waals surface area contributed by atoms with Crippen molar-refractivity contribution < 1.29 is 14.7 Å². The quantitative estimate of drug-likeness (QED) is 0.602. The predicted molar refractivity (Wildman–Crippen MR) is 86.2 cm³/mol. The Morgan fingerprint density at radius 3 is 2.23 bits per heavy atom. The molecule has 1 atom stereocenters. The highest BCUT2D eigenvalue weighted by molar-refractivity contribution is 8.00. The molecule has 0 N–H and O–H groups in total. The molecule has 0 unspecified atom stereocenters. The topological polar surface area (TPSA) is 57.2 Å². The third-order valence-corrected chi connectivity index (χ3v) is 4.54. The van der Waals surface area contributed by atoms with Crippen molar-refractivity contribution in [3.63, 3.8) is 0 Å². The molecule has 0 radical (unpaired) electrons. The van der Waals surface area contributed by atoms with Gasteiger partial charge in [0, 0.05) is 21.9 Å². The van der Waals surface area contributed by atoms with Crippen molar-refractivity contribution in [2.75, 3.05) is 0 Å². The third-order valence-electron chi connectivity index (χ3n) is 3.10. The van der Waals surface area contributed by atoms with E-state index in [1.165, 1.54) is 0 Å². The van der Waals surface area contributed by atoms with Gasteiger partial charge in [-0.05, 0) is 31.2 Å². The van der Waals surface area contributed by atoms with E-state index < -0.39 is 11.2 Å². The molecular weight excluding hydrogens is 320 g/mol. The third kappa shape index (κ3) is 4.61. The van der Waals surface area contributed by atoms with E-state index in [4.69, 9.17) is 11.6 Å². The summed E-state index contributed by atoms with van der Waals surface area (Å²) in [7, 11) is 0. The van der Waals surface area contributed by atoms with E-state index in [1.54, 1.807) is 36.4 Å². The Labute approximate surface area is 138 Å². The van der Waals surface area contributed by atoms with E-state index in [1.807, 2.05) is 19.1 Å². The van der Waals surface area contributed by atoms with Crippen LogP contribution < -0.4 is 5.11 Å². The normalized spacial score (nSPS) is 11.9. The molecule has 3 nitrogen and oxygen atoms in total. The zero-order valence-corrected chi connectivity index (χ0v) is 13.5. The van der Waals surface area contributed by atoms with Gasteiger partial charge in [-0.1, -0.05) is 41.4 Å². The average Bonchev–Trinajstić information content (AvgIpc) is 2.49. The Morgan fingerprint density at radius 1 is 1.09 bits per heavy atom. The molecule has 2 rings (SSSR count). The van der Waals surface area contributed by atoms with E-state index in [-0.39, 0.29) is 12.2 Å². The molecule has 0 heterocycles. The van der Waals surface area contributed by atoms with Crippen LogP contribution in [-0.2, 0) is 4.79 Å². The van der Waals surface area contributed by atoms with Crippen LogP contribution in [0.25, 0.3) is 0 Å². The van der Waals surface area contributed by atoms with Crippen LogP contribution >= 0.6 is 23.4 Å². The molecule has 0 aliphatic rings. The van der Waals surface area contributed by atoms with E-state index in [2.05, 4.69) is 0 Å². The van der Waals surface area contributed by atoms with Crippen LogP contribution in [0.2, 0.25) is 5.02 Å². The molecule has 114 valence electrons. The number of aryl methyl sites for hydroxylation is 1. The lowest BCUT2D eigenvalue weighted by Gasteiger charge is -2.17. The first-order valence-corrected chi connectivity index (χ1v) is 7.94. The van der Waals surface area contributed by atoms with Crippen molar-refractivity contribution in [3.05, 3.63) is 64.7 Å². The van der Waals surface area contributed by atoms with Crippen molar-refractivity contribution >= 4 is 35.1 Å². The number of rotatable bonds is 6. The van der Waals surface area contributed by atoms with Crippen LogP contribution in [0.5, 0.6) is 0 Å². The smallest absolute Gasteiger partial charge is 0.164 e. The first-order chi connectivity index (χ1) is 10.5. The Kier molecular flexibility index (Phi) is 5.63. The largest absolute Gasteiger partial charge is 0.549 e. The Hall–Kier alpha value is -1.78. The second-order valence-corrected chi connectivity index (χ2v) is 6.59. The molecular formula is C17H14ClO3S-. The molecule has 0 saturated carbocycles. The number of aliphatic carboxylic acids is 1. The lowest BCUT2D eigenvalue weighted by molar-refractivity contribution is -0.304. The molecule has 0 fully saturated rings. The number of ketones is 1. The standard InChI is InChI=1S/C17H15ClO3S/c1-11-2-4-12(5-3-11)15(19)10-16(17(20)21)22-14-8-6-13(18)7-9-14/h2-9,16H,10H2,1H3,(H,20,21)/p-1/t16-/m0/s1. The van der Waals surface area contributed by atoms with Crippen LogP contribution in [0.15, 0.2) is 53.4 Å². The zero-order chi connectivity index (χ0) is 16.1. The Balaban J connectivity index is 2.08. The number of halogens is 1. The molecule has 0 aromatic heterocycles. The summed E-state index contributed by atoms with van der Waals surface area (Å²) >= 11 is 6.89. The van der Waals surface area contributed by atoms with E-state index in [0.29, 0.717) is 10.6 Å².